The van der Waals surface area contributed by atoms with E-state index >= 15 is 0 Å². The van der Waals surface area contributed by atoms with E-state index in [1.165, 1.54) is 0 Å². The fraction of sp³-hybridized carbons (Fsp3) is 0.261. The minimum atomic E-state index is -0.387. The molecule has 2 aromatic heterocycles. The largest absolute Gasteiger partial charge is 0.361 e. The van der Waals surface area contributed by atoms with Gasteiger partial charge < -0.3 is 14.4 Å². The van der Waals surface area contributed by atoms with Gasteiger partial charge in [0.2, 0.25) is 5.91 Å². The zero-order chi connectivity index (χ0) is 20.5. The molecule has 0 aliphatic heterocycles. The molecule has 148 valence electrons. The van der Waals surface area contributed by atoms with E-state index in [1.54, 1.807) is 0 Å². The van der Waals surface area contributed by atoms with Gasteiger partial charge in [0, 0.05) is 12.6 Å². The number of hydrogen-bond acceptors (Lipinski definition) is 4. The first-order valence-electron chi connectivity index (χ1n) is 9.66. The van der Waals surface area contributed by atoms with Crippen molar-refractivity contribution in [1.82, 2.24) is 20.0 Å². The Bertz CT molecular complexity index is 1140. The molecule has 0 spiro atoms. The maximum atomic E-state index is 13.2. The molecule has 4 rings (SSSR count). The number of fused-ring (bicyclic) bond motifs is 1. The van der Waals surface area contributed by atoms with E-state index in [1.807, 2.05) is 87.0 Å². The molecule has 0 radical (unpaired) electrons. The molecule has 0 bridgehead atoms. The van der Waals surface area contributed by atoms with Crippen LogP contribution < -0.4 is 5.32 Å². The molecule has 1 N–H and O–H groups in total. The second-order valence-corrected chi connectivity index (χ2v) is 7.33. The predicted octanol–water partition coefficient (Wildman–Crippen LogP) is 4.19. The van der Waals surface area contributed by atoms with Gasteiger partial charge in [-0.3, -0.25) is 4.79 Å². The van der Waals surface area contributed by atoms with Crippen LogP contribution in [0.1, 0.15) is 47.3 Å². The Kier molecular flexibility index (Phi) is 4.92. The van der Waals surface area contributed by atoms with Gasteiger partial charge in [-0.15, -0.1) is 0 Å². The van der Waals surface area contributed by atoms with Gasteiger partial charge >= 0.3 is 0 Å². The first kappa shape index (κ1) is 18.9. The summed E-state index contributed by atoms with van der Waals surface area (Å²) in [5, 5.41) is 7.19. The lowest BCUT2D eigenvalue weighted by atomic mass is 9.97. The van der Waals surface area contributed by atoms with Gasteiger partial charge in [0.1, 0.15) is 17.6 Å². The summed E-state index contributed by atoms with van der Waals surface area (Å²) in [5.41, 5.74) is 4.48. The van der Waals surface area contributed by atoms with Gasteiger partial charge in [-0.25, -0.2) is 4.98 Å². The Morgan fingerprint density at radius 1 is 1.07 bits per heavy atom. The third kappa shape index (κ3) is 3.42. The first-order valence-corrected chi connectivity index (χ1v) is 9.66. The highest BCUT2D eigenvalue weighted by Crippen LogP contribution is 2.28. The van der Waals surface area contributed by atoms with Crippen molar-refractivity contribution < 1.29 is 9.32 Å². The van der Waals surface area contributed by atoms with Crippen molar-refractivity contribution in [2.24, 2.45) is 7.05 Å². The second kappa shape index (κ2) is 7.54. The van der Waals surface area contributed by atoms with E-state index < -0.39 is 0 Å². The summed E-state index contributed by atoms with van der Waals surface area (Å²) in [6.45, 7) is 5.56. The maximum absolute atomic E-state index is 13.2. The van der Waals surface area contributed by atoms with Crippen LogP contribution in [-0.4, -0.2) is 20.6 Å². The number of nitrogens with zero attached hydrogens (tertiary/aromatic N) is 3. The van der Waals surface area contributed by atoms with Gasteiger partial charge in [-0.2, -0.15) is 0 Å². The highest BCUT2D eigenvalue weighted by Gasteiger charge is 2.28. The number of carbonyl (C=O) groups excluding carboxylic acids is 1. The number of imidazole rings is 1. The number of rotatable bonds is 5. The first-order chi connectivity index (χ1) is 14.0. The SMILES string of the molecule is Cc1noc(C)c1[C@@H](C)C(=O)N[C@H](c1ccccc1)c1nc2ccccc2n1C. The van der Waals surface area contributed by atoms with E-state index in [2.05, 4.69) is 10.5 Å². The van der Waals surface area contributed by atoms with Crippen LogP contribution in [0.3, 0.4) is 0 Å². The highest BCUT2D eigenvalue weighted by atomic mass is 16.5. The Labute approximate surface area is 169 Å². The average Bonchev–Trinajstić information content (AvgIpc) is 3.25. The molecule has 29 heavy (non-hydrogen) atoms. The molecule has 6 nitrogen and oxygen atoms in total. The van der Waals surface area contributed by atoms with E-state index in [4.69, 9.17) is 9.51 Å². The Morgan fingerprint density at radius 3 is 2.41 bits per heavy atom. The van der Waals surface area contributed by atoms with Gasteiger partial charge in [0.25, 0.3) is 0 Å². The number of amides is 1. The molecule has 2 atom stereocenters. The van der Waals surface area contributed by atoms with Crippen molar-refractivity contribution in [2.75, 3.05) is 0 Å². The zero-order valence-electron chi connectivity index (χ0n) is 17.0. The minimum absolute atomic E-state index is 0.0969. The number of carbonyl (C=O) groups is 1. The lowest BCUT2D eigenvalue weighted by Crippen LogP contribution is -2.34. The number of aryl methyl sites for hydroxylation is 3. The third-order valence-corrected chi connectivity index (χ3v) is 5.41. The predicted molar refractivity (Wildman–Crippen MR) is 112 cm³/mol. The van der Waals surface area contributed by atoms with E-state index in [9.17, 15) is 4.79 Å². The van der Waals surface area contributed by atoms with Crippen LogP contribution in [0.2, 0.25) is 0 Å². The number of para-hydroxylation sites is 2. The van der Waals surface area contributed by atoms with Crippen LogP contribution in [0.25, 0.3) is 11.0 Å². The van der Waals surface area contributed by atoms with Crippen molar-refractivity contribution in [3.63, 3.8) is 0 Å². The van der Waals surface area contributed by atoms with Crippen molar-refractivity contribution in [3.8, 4) is 0 Å². The molecule has 0 aliphatic rings. The van der Waals surface area contributed by atoms with Gasteiger partial charge in [-0.1, -0.05) is 47.6 Å². The average molecular weight is 388 g/mol. The normalized spacial score (nSPS) is 13.4. The van der Waals surface area contributed by atoms with Crippen molar-refractivity contribution in [1.29, 1.82) is 0 Å². The number of nitrogens with one attached hydrogen (secondary N) is 1. The van der Waals surface area contributed by atoms with Crippen LogP contribution in [0, 0.1) is 13.8 Å². The van der Waals surface area contributed by atoms with Crippen LogP contribution in [0.4, 0.5) is 0 Å². The fourth-order valence-corrected chi connectivity index (χ4v) is 3.87. The second-order valence-electron chi connectivity index (χ2n) is 7.33. The molecule has 2 aromatic carbocycles. The Morgan fingerprint density at radius 2 is 1.76 bits per heavy atom. The lowest BCUT2D eigenvalue weighted by molar-refractivity contribution is -0.122. The monoisotopic (exact) mass is 388 g/mol. The van der Waals surface area contributed by atoms with Crippen molar-refractivity contribution in [3.05, 3.63) is 83.0 Å². The molecule has 1 amide bonds. The highest BCUT2D eigenvalue weighted by molar-refractivity contribution is 5.84. The smallest absolute Gasteiger partial charge is 0.228 e. The third-order valence-electron chi connectivity index (χ3n) is 5.41. The Hall–Kier alpha value is -3.41. The van der Waals surface area contributed by atoms with Crippen LogP contribution in [0.5, 0.6) is 0 Å². The van der Waals surface area contributed by atoms with Crippen molar-refractivity contribution in [2.45, 2.75) is 32.7 Å². The summed E-state index contributed by atoms with van der Waals surface area (Å²) in [6, 6.07) is 17.5. The molecule has 4 aromatic rings. The molecule has 6 heteroatoms. The van der Waals surface area contributed by atoms with Gasteiger partial charge in [0.05, 0.1) is 22.6 Å². The van der Waals surface area contributed by atoms with Gasteiger partial charge in [-0.05, 0) is 38.5 Å². The summed E-state index contributed by atoms with van der Waals surface area (Å²) < 4.78 is 7.29. The molecule has 0 fully saturated rings. The van der Waals surface area contributed by atoms with Crippen molar-refractivity contribution >= 4 is 16.9 Å². The molecule has 0 saturated heterocycles. The fourth-order valence-electron chi connectivity index (χ4n) is 3.87. The summed E-state index contributed by atoms with van der Waals surface area (Å²) in [6.07, 6.45) is 0. The minimum Gasteiger partial charge on any atom is -0.361 e. The molecular weight excluding hydrogens is 364 g/mol. The summed E-state index contributed by atoms with van der Waals surface area (Å²) in [5.74, 6) is 0.975. The summed E-state index contributed by atoms with van der Waals surface area (Å²) in [4.78, 5) is 18.0. The zero-order valence-corrected chi connectivity index (χ0v) is 17.0. The topological polar surface area (TPSA) is 73.0 Å². The van der Waals surface area contributed by atoms with Crippen LogP contribution in [-0.2, 0) is 11.8 Å². The van der Waals surface area contributed by atoms with E-state index in [-0.39, 0.29) is 17.9 Å². The molecule has 0 aliphatic carbocycles. The molecule has 0 unspecified atom stereocenters. The number of aromatic nitrogens is 3. The van der Waals surface area contributed by atoms with Crippen LogP contribution in [0.15, 0.2) is 59.1 Å². The molecule has 0 saturated carbocycles. The lowest BCUT2D eigenvalue weighted by Gasteiger charge is -2.21. The Balaban J connectivity index is 1.74. The standard InChI is InChI=1S/C23H24N4O2/c1-14(20-15(2)26-29-16(20)3)23(28)25-21(17-10-6-5-7-11-17)22-24-18-12-8-9-13-19(18)27(22)4/h5-14,21H,1-4H3,(H,25,28)/t14-,21-/m1/s1. The number of benzene rings is 2. The van der Waals surface area contributed by atoms with E-state index in [0.717, 1.165) is 33.7 Å². The summed E-state index contributed by atoms with van der Waals surface area (Å²) in [7, 11) is 1.98. The maximum Gasteiger partial charge on any atom is 0.228 e. The quantitative estimate of drug-likeness (QED) is 0.556. The summed E-state index contributed by atoms with van der Waals surface area (Å²) >= 11 is 0. The molecular formula is C23H24N4O2. The molecule has 2 heterocycles. The van der Waals surface area contributed by atoms with E-state index in [0.29, 0.717) is 5.76 Å². The van der Waals surface area contributed by atoms with Crippen LogP contribution >= 0.6 is 0 Å². The number of hydrogen-bond donors (Lipinski definition) is 1. The van der Waals surface area contributed by atoms with Gasteiger partial charge in [0.15, 0.2) is 0 Å².